The average Bonchev–Trinajstić information content (AvgIpc) is 3.05. The summed E-state index contributed by atoms with van der Waals surface area (Å²) in [6.45, 7) is 13.0. The summed E-state index contributed by atoms with van der Waals surface area (Å²) in [4.78, 5) is 0. The Balaban J connectivity index is 1.81. The number of rotatable bonds is 4. The first-order valence-corrected chi connectivity index (χ1v) is 8.95. The fraction of sp³-hybridized carbons (Fsp3) is 0.333. The SMILES string of the molecule is C=C(Nc1ccc(Cl)c(C)c1)C1C(c2cc(C)cc(Cl)c2)C1(C)C. The molecule has 126 valence electrons. The molecule has 2 unspecified atom stereocenters. The van der Waals surface area contributed by atoms with Gasteiger partial charge in [0, 0.05) is 27.3 Å². The minimum Gasteiger partial charge on any atom is -0.359 e. The van der Waals surface area contributed by atoms with Crippen LogP contribution in [-0.4, -0.2) is 0 Å². The number of allylic oxidation sites excluding steroid dienone is 1. The highest BCUT2D eigenvalue weighted by Crippen LogP contribution is 2.67. The monoisotopic (exact) mass is 359 g/mol. The van der Waals surface area contributed by atoms with Crippen molar-refractivity contribution in [3.63, 3.8) is 0 Å². The van der Waals surface area contributed by atoms with Gasteiger partial charge in [-0.2, -0.15) is 0 Å². The van der Waals surface area contributed by atoms with E-state index in [1.54, 1.807) is 0 Å². The van der Waals surface area contributed by atoms with E-state index in [1.807, 2.05) is 25.1 Å². The van der Waals surface area contributed by atoms with Gasteiger partial charge in [-0.25, -0.2) is 0 Å². The Bertz CT molecular complexity index is 787. The van der Waals surface area contributed by atoms with Crippen LogP contribution in [0.25, 0.3) is 0 Å². The summed E-state index contributed by atoms with van der Waals surface area (Å²) in [6.07, 6.45) is 0. The molecule has 1 saturated carbocycles. The number of benzene rings is 2. The zero-order valence-electron chi connectivity index (χ0n) is 14.6. The smallest absolute Gasteiger partial charge is 0.0436 e. The van der Waals surface area contributed by atoms with Crippen molar-refractivity contribution in [1.29, 1.82) is 0 Å². The van der Waals surface area contributed by atoms with Gasteiger partial charge >= 0.3 is 0 Å². The topological polar surface area (TPSA) is 12.0 Å². The van der Waals surface area contributed by atoms with Gasteiger partial charge in [0.2, 0.25) is 0 Å². The molecule has 0 radical (unpaired) electrons. The van der Waals surface area contributed by atoms with E-state index in [1.165, 1.54) is 11.1 Å². The fourth-order valence-electron chi connectivity index (χ4n) is 3.84. The molecule has 1 nitrogen and oxygen atoms in total. The molecule has 0 aliphatic heterocycles. The van der Waals surface area contributed by atoms with Crippen molar-refractivity contribution in [2.24, 2.45) is 11.3 Å². The van der Waals surface area contributed by atoms with Crippen LogP contribution < -0.4 is 5.32 Å². The third-order valence-corrected chi connectivity index (χ3v) is 5.73. The molecular weight excluding hydrogens is 337 g/mol. The van der Waals surface area contributed by atoms with Crippen molar-refractivity contribution in [2.75, 3.05) is 5.32 Å². The van der Waals surface area contributed by atoms with E-state index in [0.29, 0.717) is 11.8 Å². The van der Waals surface area contributed by atoms with Gasteiger partial charge in [-0.05, 0) is 72.2 Å². The van der Waals surface area contributed by atoms with E-state index in [2.05, 4.69) is 50.9 Å². The minimum atomic E-state index is 0.169. The van der Waals surface area contributed by atoms with Crippen LogP contribution in [-0.2, 0) is 0 Å². The van der Waals surface area contributed by atoms with Gasteiger partial charge in [0.25, 0.3) is 0 Å². The van der Waals surface area contributed by atoms with Gasteiger partial charge in [0.05, 0.1) is 0 Å². The van der Waals surface area contributed by atoms with Crippen LogP contribution in [0.2, 0.25) is 10.0 Å². The Kier molecular flexibility index (Phi) is 4.44. The number of nitrogens with one attached hydrogen (secondary N) is 1. The average molecular weight is 360 g/mol. The quantitative estimate of drug-likeness (QED) is 0.620. The third-order valence-electron chi connectivity index (χ3n) is 5.09. The number of hydrogen-bond donors (Lipinski definition) is 1. The zero-order chi connectivity index (χ0) is 17.6. The highest BCUT2D eigenvalue weighted by molar-refractivity contribution is 6.31. The lowest BCUT2D eigenvalue weighted by Crippen LogP contribution is -2.04. The van der Waals surface area contributed by atoms with Crippen LogP contribution in [0, 0.1) is 25.2 Å². The molecule has 0 spiro atoms. The highest BCUT2D eigenvalue weighted by atomic mass is 35.5. The van der Waals surface area contributed by atoms with Crippen molar-refractivity contribution in [3.05, 3.63) is 75.4 Å². The first-order chi connectivity index (χ1) is 11.2. The second-order valence-electron chi connectivity index (χ2n) is 7.45. The highest BCUT2D eigenvalue weighted by Gasteiger charge is 2.59. The Labute approximate surface area is 154 Å². The largest absolute Gasteiger partial charge is 0.359 e. The molecule has 0 aromatic heterocycles. The summed E-state index contributed by atoms with van der Waals surface area (Å²) in [6, 6.07) is 12.3. The standard InChI is InChI=1S/C21H23Cl2N/c1-12-8-15(11-16(22)9-12)20-19(21(20,4)5)14(3)24-17-6-7-18(23)13(2)10-17/h6-11,19-20,24H,3H2,1-2,4-5H3. The van der Waals surface area contributed by atoms with Gasteiger partial charge in [0.15, 0.2) is 0 Å². The fourth-order valence-corrected chi connectivity index (χ4v) is 4.26. The lowest BCUT2D eigenvalue weighted by atomic mass is 10.0. The van der Waals surface area contributed by atoms with Crippen LogP contribution >= 0.6 is 23.2 Å². The zero-order valence-corrected chi connectivity index (χ0v) is 16.1. The van der Waals surface area contributed by atoms with Crippen LogP contribution in [0.15, 0.2) is 48.7 Å². The Morgan fingerprint density at radius 3 is 2.42 bits per heavy atom. The molecule has 0 saturated heterocycles. The predicted molar refractivity (Wildman–Crippen MR) is 105 cm³/mol. The molecule has 2 aromatic rings. The molecule has 1 N–H and O–H groups in total. The van der Waals surface area contributed by atoms with Crippen LogP contribution in [0.3, 0.4) is 0 Å². The summed E-state index contributed by atoms with van der Waals surface area (Å²) in [5.74, 6) is 0.814. The summed E-state index contributed by atoms with van der Waals surface area (Å²) >= 11 is 12.4. The molecular formula is C21H23Cl2N. The number of anilines is 1. The summed E-state index contributed by atoms with van der Waals surface area (Å²) < 4.78 is 0. The first-order valence-electron chi connectivity index (χ1n) is 8.19. The van der Waals surface area contributed by atoms with Crippen molar-refractivity contribution in [2.45, 2.75) is 33.6 Å². The van der Waals surface area contributed by atoms with Gasteiger partial charge in [-0.15, -0.1) is 0 Å². The molecule has 0 bridgehead atoms. The second kappa shape index (κ2) is 6.13. The molecule has 24 heavy (non-hydrogen) atoms. The molecule has 2 atom stereocenters. The maximum atomic E-state index is 6.25. The maximum Gasteiger partial charge on any atom is 0.0436 e. The minimum absolute atomic E-state index is 0.169. The molecule has 0 amide bonds. The van der Waals surface area contributed by atoms with Crippen molar-refractivity contribution >= 4 is 28.9 Å². The molecule has 1 aliphatic rings. The Morgan fingerprint density at radius 1 is 1.08 bits per heavy atom. The normalized spacial score (nSPS) is 21.4. The molecule has 0 heterocycles. The molecule has 1 aliphatic carbocycles. The van der Waals surface area contributed by atoms with Gasteiger partial charge < -0.3 is 5.32 Å². The summed E-state index contributed by atoms with van der Waals surface area (Å²) in [7, 11) is 0. The third kappa shape index (κ3) is 3.20. The second-order valence-corrected chi connectivity index (χ2v) is 8.30. The van der Waals surface area contributed by atoms with E-state index < -0.39 is 0 Å². The van der Waals surface area contributed by atoms with E-state index in [4.69, 9.17) is 23.2 Å². The van der Waals surface area contributed by atoms with Crippen LogP contribution in [0.1, 0.15) is 36.5 Å². The van der Waals surface area contributed by atoms with Gasteiger partial charge in [-0.1, -0.05) is 49.7 Å². The van der Waals surface area contributed by atoms with E-state index in [-0.39, 0.29) is 5.41 Å². The van der Waals surface area contributed by atoms with Gasteiger partial charge in [-0.3, -0.25) is 0 Å². The first kappa shape index (κ1) is 17.4. The van der Waals surface area contributed by atoms with Gasteiger partial charge in [0.1, 0.15) is 0 Å². The van der Waals surface area contributed by atoms with Crippen molar-refractivity contribution < 1.29 is 0 Å². The maximum absolute atomic E-state index is 6.25. The van der Waals surface area contributed by atoms with E-state index >= 15 is 0 Å². The molecule has 1 fully saturated rings. The number of hydrogen-bond acceptors (Lipinski definition) is 1. The summed E-state index contributed by atoms with van der Waals surface area (Å²) in [5, 5.41) is 5.06. The van der Waals surface area contributed by atoms with E-state index in [0.717, 1.165) is 27.0 Å². The van der Waals surface area contributed by atoms with Crippen molar-refractivity contribution in [1.82, 2.24) is 0 Å². The van der Waals surface area contributed by atoms with Crippen molar-refractivity contribution in [3.8, 4) is 0 Å². The molecule has 3 heteroatoms. The Hall–Kier alpha value is -1.44. The lowest BCUT2D eigenvalue weighted by Gasteiger charge is -2.12. The van der Waals surface area contributed by atoms with E-state index in [9.17, 15) is 0 Å². The van der Waals surface area contributed by atoms with Crippen LogP contribution in [0.5, 0.6) is 0 Å². The summed E-state index contributed by atoms with van der Waals surface area (Å²) in [5.41, 5.74) is 5.81. The predicted octanol–water partition coefficient (Wildman–Crippen LogP) is 6.98. The lowest BCUT2D eigenvalue weighted by molar-refractivity contribution is 0.585. The number of halogens is 2. The molecule has 3 rings (SSSR count). The Morgan fingerprint density at radius 2 is 1.79 bits per heavy atom. The molecule has 2 aromatic carbocycles. The number of aryl methyl sites for hydroxylation is 2. The van der Waals surface area contributed by atoms with Crippen LogP contribution in [0.4, 0.5) is 5.69 Å².